The van der Waals surface area contributed by atoms with E-state index in [2.05, 4.69) is 0 Å². The fourth-order valence-electron chi connectivity index (χ4n) is 0. The van der Waals surface area contributed by atoms with Gasteiger partial charge < -0.3 is 0 Å². The molecule has 0 saturated carbocycles. The van der Waals surface area contributed by atoms with Gasteiger partial charge in [0.1, 0.15) is 0 Å². The Morgan fingerprint density at radius 2 is 0.400 bits per heavy atom. The quantitative estimate of drug-likeness (QED) is 0.206. The first-order valence-electron chi connectivity index (χ1n) is 2.83. The van der Waals surface area contributed by atoms with E-state index in [1.807, 2.05) is 0 Å². The summed E-state index contributed by atoms with van der Waals surface area (Å²) >= 11 is -13.1. The van der Waals surface area contributed by atoms with Crippen LogP contribution in [0.2, 0.25) is 0 Å². The summed E-state index contributed by atoms with van der Waals surface area (Å²) in [5, 5.41) is 0. The number of hydrogen-bond acceptors (Lipinski definition) is 12. The van der Waals surface area contributed by atoms with Gasteiger partial charge >= 0.3 is 185 Å². The molecule has 0 aliphatic carbocycles. The van der Waals surface area contributed by atoms with Crippen LogP contribution in [0.4, 0.5) is 0 Å². The van der Waals surface area contributed by atoms with Crippen LogP contribution in [0.5, 0.6) is 0 Å². The molecule has 0 rings (SSSR count). The number of hydrogen-bond donors (Lipinski definition) is 0. The summed E-state index contributed by atoms with van der Waals surface area (Å²) < 4.78 is 102. The Morgan fingerprint density at radius 1 is 0.400 bits per heavy atom. The Labute approximate surface area is 182 Å². The average molecular weight is 870 g/mol. The molecule has 110 valence electrons. The first-order chi connectivity index (χ1) is 8.49. The Balaban J connectivity index is -0.0000000141. The van der Waals surface area contributed by atoms with Gasteiger partial charge in [-0.3, -0.25) is 0 Å². The molecule has 12 nitrogen and oxygen atoms in total. The van der Waals surface area contributed by atoms with E-state index in [0.29, 0.717) is 0 Å². The van der Waals surface area contributed by atoms with E-state index in [-0.39, 0.29) is 43.6 Å². The summed E-state index contributed by atoms with van der Waals surface area (Å²) in [5.74, 6) is 0. The van der Waals surface area contributed by atoms with Gasteiger partial charge in [0, 0.05) is 0 Å². The van der Waals surface area contributed by atoms with Crippen molar-refractivity contribution in [3.8, 4) is 0 Å². The second-order valence-corrected chi connectivity index (χ2v) is 3.00. The van der Waals surface area contributed by atoms with Gasteiger partial charge in [0.05, 0.1) is 0 Å². The first kappa shape index (κ1) is 49.5. The molecule has 0 aromatic rings. The number of rotatable bonds is 0. The van der Waals surface area contributed by atoms with E-state index in [9.17, 15) is 0 Å². The van der Waals surface area contributed by atoms with Crippen molar-refractivity contribution >= 4 is 138 Å². The molecule has 0 aliphatic rings. The normalized spacial score (nSPS) is 3.60. The molecule has 0 N–H and O–H groups in total. The van der Waals surface area contributed by atoms with Gasteiger partial charge in [0.25, 0.3) is 0 Å². The molecule has 0 saturated heterocycles. The Kier molecular flexibility index (Phi) is 316. The third kappa shape index (κ3) is 1460. The van der Waals surface area contributed by atoms with Gasteiger partial charge in [-0.15, -0.1) is 0 Å². The fourth-order valence-corrected chi connectivity index (χ4v) is 0. The van der Waals surface area contributed by atoms with Gasteiger partial charge in [-0.1, -0.05) is 0 Å². The third-order valence-corrected chi connectivity index (χ3v) is 0. The molecule has 2 radical (unpaired) electrons. The molecular weight excluding hydrogens is 864 g/mol. The van der Waals surface area contributed by atoms with Gasteiger partial charge in [0.2, 0.25) is 0 Å². The zero-order valence-corrected chi connectivity index (χ0v) is 28.6. The monoisotopic (exact) mass is 877 g/mol. The summed E-state index contributed by atoms with van der Waals surface area (Å²) in [4.78, 5) is 0. The molecule has 20 heavy (non-hydrogen) atoms. The summed E-state index contributed by atoms with van der Waals surface area (Å²) in [6.07, 6.45) is 0. The third-order valence-electron chi connectivity index (χ3n) is 0. The molecular formula is H6AlBiGe6O12. The Morgan fingerprint density at radius 3 is 0.400 bits per heavy atom. The summed E-state index contributed by atoms with van der Waals surface area (Å²) in [7, 11) is 0. The molecule has 0 aliphatic heterocycles. The van der Waals surface area contributed by atoms with Crippen molar-refractivity contribution in [2.24, 2.45) is 0 Å². The summed E-state index contributed by atoms with van der Waals surface area (Å²) in [6, 6.07) is 0. The maximum absolute atomic E-state index is 8.53. The molecule has 0 fully saturated rings. The van der Waals surface area contributed by atoms with Crippen LogP contribution in [0.15, 0.2) is 0 Å². The van der Waals surface area contributed by atoms with Gasteiger partial charge in [-0.2, -0.15) is 0 Å². The zero-order chi connectivity index (χ0) is 16.2. The predicted octanol–water partition coefficient (Wildman–Crippen LogP) is -12.5. The van der Waals surface area contributed by atoms with Gasteiger partial charge in [0.15, 0.2) is 0 Å². The zero-order valence-electron chi connectivity index (χ0n) is 9.39. The predicted molar refractivity (Wildman–Crippen MR) is 58.5 cm³/mol. The molecule has 0 aromatic heterocycles. The van der Waals surface area contributed by atoms with Crippen LogP contribution >= 0.6 is 0 Å². The van der Waals surface area contributed by atoms with E-state index >= 15 is 0 Å². The van der Waals surface area contributed by atoms with E-state index in [1.165, 1.54) is 0 Å². The van der Waals surface area contributed by atoms with Crippen LogP contribution in [0.3, 0.4) is 0 Å². The van der Waals surface area contributed by atoms with Crippen molar-refractivity contribution in [2.75, 3.05) is 0 Å². The van der Waals surface area contributed by atoms with Crippen molar-refractivity contribution in [3.05, 3.63) is 0 Å². The second kappa shape index (κ2) is 128. The Bertz CT molecular complexity index is 119. The van der Waals surface area contributed by atoms with E-state index in [0.717, 1.165) is 0 Å². The van der Waals surface area contributed by atoms with Gasteiger partial charge in [-0.25, -0.2) is 0 Å². The minimum atomic E-state index is -2.19. The molecule has 20 heteroatoms. The standard InChI is InChI=1S/Al.Bi.6GeHO2/c;;6*2-1-3/h;;6*1H/q2*+3;6*-1. The van der Waals surface area contributed by atoms with Crippen LogP contribution < -0.4 is 24.8 Å². The van der Waals surface area contributed by atoms with Crippen LogP contribution in [-0.4, -0.2) is 138 Å². The minimum absolute atomic E-state index is 0. The van der Waals surface area contributed by atoms with Crippen LogP contribution in [0.1, 0.15) is 0 Å². The van der Waals surface area contributed by atoms with Crippen molar-refractivity contribution < 1.29 is 47.5 Å². The Hall–Kier alpha value is 2.27. The van der Waals surface area contributed by atoms with Crippen LogP contribution in [0, 0.1) is 0 Å². The van der Waals surface area contributed by atoms with Gasteiger partial charge in [-0.05, 0) is 0 Å². The SMILES string of the molecule is [Al+3].[Bi+3].[O]=[GeH][O-].[O]=[GeH][O-].[O]=[GeH][O-].[O]=[GeH][O-].[O]=[GeH][O-].[O]=[GeH][O-]. The van der Waals surface area contributed by atoms with Crippen LogP contribution in [-0.2, 0) is 22.7 Å². The van der Waals surface area contributed by atoms with E-state index in [1.54, 1.807) is 0 Å². The van der Waals surface area contributed by atoms with Crippen molar-refractivity contribution in [1.29, 1.82) is 0 Å². The maximum atomic E-state index is 8.53. The first-order valence-corrected chi connectivity index (χ1v) is 14.7. The molecule has 0 heterocycles. The summed E-state index contributed by atoms with van der Waals surface area (Å²) in [5.41, 5.74) is 0. The second-order valence-electron chi connectivity index (χ2n) is 0.577. The molecule has 0 bridgehead atoms. The molecule has 0 unspecified atom stereocenters. The van der Waals surface area contributed by atoms with E-state index in [4.69, 9.17) is 47.5 Å². The fraction of sp³-hybridized carbons (Fsp3) is 0. The molecule has 0 atom stereocenters. The topological polar surface area (TPSA) is 241 Å². The van der Waals surface area contributed by atoms with E-state index < -0.39 is 94.2 Å². The molecule has 0 aromatic carbocycles. The summed E-state index contributed by atoms with van der Waals surface area (Å²) in [6.45, 7) is 0. The average Bonchev–Trinajstić information content (AvgIpc) is 2.23. The molecule has 0 amide bonds. The van der Waals surface area contributed by atoms with Crippen molar-refractivity contribution in [1.82, 2.24) is 0 Å². The van der Waals surface area contributed by atoms with Crippen molar-refractivity contribution in [3.63, 3.8) is 0 Å². The molecule has 0 spiro atoms. The van der Waals surface area contributed by atoms with Crippen molar-refractivity contribution in [2.45, 2.75) is 0 Å². The van der Waals surface area contributed by atoms with Crippen LogP contribution in [0.25, 0.3) is 0 Å².